The van der Waals surface area contributed by atoms with Gasteiger partial charge in [0.25, 0.3) is 0 Å². The Labute approximate surface area is 164 Å². The van der Waals surface area contributed by atoms with Crippen molar-refractivity contribution in [2.45, 2.75) is 39.5 Å². The molecule has 1 aromatic heterocycles. The van der Waals surface area contributed by atoms with E-state index < -0.39 is 0 Å². The molecule has 0 aliphatic carbocycles. The molecule has 1 N–H and O–H groups in total. The van der Waals surface area contributed by atoms with Crippen molar-refractivity contribution in [2.24, 2.45) is 0 Å². The topological polar surface area (TPSA) is 76.6 Å². The maximum absolute atomic E-state index is 11.8. The summed E-state index contributed by atoms with van der Waals surface area (Å²) in [7, 11) is 1.66. The minimum absolute atomic E-state index is 0.125. The van der Waals surface area contributed by atoms with Gasteiger partial charge in [0.2, 0.25) is 11.0 Å². The molecule has 2 rings (SSSR count). The summed E-state index contributed by atoms with van der Waals surface area (Å²) in [5.74, 6) is 1.48. The van der Waals surface area contributed by atoms with Gasteiger partial charge >= 0.3 is 0 Å². The van der Waals surface area contributed by atoms with Crippen LogP contribution in [0, 0.1) is 0 Å². The van der Waals surface area contributed by atoms with Crippen LogP contribution in [-0.4, -0.2) is 42.1 Å². The number of methoxy groups -OCH3 is 1. The van der Waals surface area contributed by atoms with Crippen molar-refractivity contribution in [3.8, 4) is 5.75 Å². The first-order valence-electron chi connectivity index (χ1n) is 9.27. The normalized spacial score (nSPS) is 10.6. The van der Waals surface area contributed by atoms with Crippen LogP contribution >= 0.6 is 11.5 Å². The molecule has 1 heterocycles. The molecule has 0 aliphatic rings. The molecule has 8 heteroatoms. The third-order valence-corrected chi connectivity index (χ3v) is 4.76. The Morgan fingerprint density at radius 3 is 2.89 bits per heavy atom. The van der Waals surface area contributed by atoms with Crippen molar-refractivity contribution in [3.05, 3.63) is 35.7 Å². The summed E-state index contributed by atoms with van der Waals surface area (Å²) in [6, 6.07) is 7.92. The SMILES string of the molecule is CCCCN(CCC(=O)NOCC)c1nc(Cc2cccc(OC)c2)ns1. The molecular formula is C19H28N4O3S. The largest absolute Gasteiger partial charge is 0.497 e. The number of unbranched alkanes of at least 4 members (excludes halogenated alkanes) is 1. The van der Waals surface area contributed by atoms with Crippen LogP contribution < -0.4 is 15.1 Å². The number of hydrogen-bond donors (Lipinski definition) is 1. The molecule has 0 saturated heterocycles. The van der Waals surface area contributed by atoms with Gasteiger partial charge in [-0.2, -0.15) is 4.37 Å². The number of hydrogen-bond acceptors (Lipinski definition) is 7. The Bertz CT molecular complexity index is 708. The predicted octanol–water partition coefficient (Wildman–Crippen LogP) is 3.20. The minimum Gasteiger partial charge on any atom is -0.497 e. The average Bonchev–Trinajstić information content (AvgIpc) is 3.14. The zero-order valence-electron chi connectivity index (χ0n) is 16.2. The first kappa shape index (κ1) is 21.1. The fraction of sp³-hybridized carbons (Fsp3) is 0.526. The van der Waals surface area contributed by atoms with Gasteiger partial charge in [0.05, 0.1) is 13.7 Å². The number of anilines is 1. The first-order valence-corrected chi connectivity index (χ1v) is 10.0. The second-order valence-electron chi connectivity index (χ2n) is 6.07. The van der Waals surface area contributed by atoms with Crippen molar-refractivity contribution in [1.82, 2.24) is 14.8 Å². The number of aromatic nitrogens is 2. The average molecular weight is 393 g/mol. The molecule has 0 radical (unpaired) electrons. The highest BCUT2D eigenvalue weighted by Gasteiger charge is 2.14. The van der Waals surface area contributed by atoms with Gasteiger partial charge in [-0.3, -0.25) is 9.63 Å². The van der Waals surface area contributed by atoms with E-state index in [0.29, 0.717) is 26.0 Å². The molecule has 0 unspecified atom stereocenters. The standard InChI is InChI=1S/C19H28N4O3S/c1-4-6-11-23(12-10-18(24)21-26-5-2)19-20-17(22-27-19)14-15-8-7-9-16(13-15)25-3/h7-9,13H,4-6,10-12,14H2,1-3H3,(H,21,24). The maximum atomic E-state index is 11.8. The summed E-state index contributed by atoms with van der Waals surface area (Å²) in [5, 5.41) is 0.852. The van der Waals surface area contributed by atoms with Crippen molar-refractivity contribution in [1.29, 1.82) is 0 Å². The molecule has 0 aliphatic heterocycles. The molecule has 0 bridgehead atoms. The highest BCUT2D eigenvalue weighted by atomic mass is 32.1. The van der Waals surface area contributed by atoms with E-state index in [0.717, 1.165) is 41.7 Å². The first-order chi connectivity index (χ1) is 13.2. The van der Waals surface area contributed by atoms with Crippen LogP contribution in [0.25, 0.3) is 0 Å². The molecule has 148 valence electrons. The third-order valence-electron chi connectivity index (χ3n) is 3.94. The lowest BCUT2D eigenvalue weighted by atomic mass is 10.1. The highest BCUT2D eigenvalue weighted by molar-refractivity contribution is 7.09. The number of nitrogens with zero attached hydrogens (tertiary/aromatic N) is 3. The van der Waals surface area contributed by atoms with E-state index in [2.05, 4.69) is 26.7 Å². The van der Waals surface area contributed by atoms with Gasteiger partial charge in [-0.15, -0.1) is 0 Å². The van der Waals surface area contributed by atoms with Crippen LogP contribution in [-0.2, 0) is 16.1 Å². The summed E-state index contributed by atoms with van der Waals surface area (Å²) < 4.78 is 9.76. The van der Waals surface area contributed by atoms with Crippen LogP contribution in [0.2, 0.25) is 0 Å². The van der Waals surface area contributed by atoms with Crippen molar-refractivity contribution < 1.29 is 14.4 Å². The van der Waals surface area contributed by atoms with Crippen LogP contribution in [0.4, 0.5) is 5.13 Å². The zero-order valence-corrected chi connectivity index (χ0v) is 17.1. The van der Waals surface area contributed by atoms with Crippen molar-refractivity contribution in [2.75, 3.05) is 31.7 Å². The molecule has 0 saturated carbocycles. The number of carbonyl (C=O) groups is 1. The monoisotopic (exact) mass is 392 g/mol. The summed E-state index contributed by atoms with van der Waals surface area (Å²) in [4.78, 5) is 23.6. The lowest BCUT2D eigenvalue weighted by molar-refractivity contribution is -0.132. The summed E-state index contributed by atoms with van der Waals surface area (Å²) in [6.07, 6.45) is 3.13. The lowest BCUT2D eigenvalue weighted by Crippen LogP contribution is -2.31. The molecule has 0 atom stereocenters. The number of carbonyl (C=O) groups excluding carboxylic acids is 1. The second-order valence-corrected chi connectivity index (χ2v) is 6.80. The Morgan fingerprint density at radius 2 is 2.15 bits per heavy atom. The molecule has 7 nitrogen and oxygen atoms in total. The number of benzene rings is 1. The zero-order chi connectivity index (χ0) is 19.5. The molecular weight excluding hydrogens is 364 g/mol. The lowest BCUT2D eigenvalue weighted by Gasteiger charge is -2.20. The van der Waals surface area contributed by atoms with Gasteiger partial charge in [-0.1, -0.05) is 25.5 Å². The number of hydroxylamine groups is 1. The van der Waals surface area contributed by atoms with Gasteiger partial charge in [-0.25, -0.2) is 10.5 Å². The predicted molar refractivity (Wildman–Crippen MR) is 107 cm³/mol. The minimum atomic E-state index is -0.125. The van der Waals surface area contributed by atoms with Gasteiger partial charge in [0.1, 0.15) is 11.6 Å². The number of rotatable bonds is 12. The quantitative estimate of drug-likeness (QED) is 0.559. The Morgan fingerprint density at radius 1 is 1.30 bits per heavy atom. The summed E-state index contributed by atoms with van der Waals surface area (Å²) in [5.41, 5.74) is 3.54. The number of ether oxygens (including phenoxy) is 1. The molecule has 1 amide bonds. The van der Waals surface area contributed by atoms with E-state index in [1.165, 1.54) is 11.5 Å². The van der Waals surface area contributed by atoms with Gasteiger partial charge < -0.3 is 9.64 Å². The van der Waals surface area contributed by atoms with E-state index in [1.54, 1.807) is 7.11 Å². The van der Waals surface area contributed by atoms with Crippen LogP contribution in [0.15, 0.2) is 24.3 Å². The molecule has 0 spiro atoms. The Balaban J connectivity index is 2.00. The fourth-order valence-electron chi connectivity index (χ4n) is 2.50. The van der Waals surface area contributed by atoms with Crippen LogP contribution in [0.1, 0.15) is 44.5 Å². The van der Waals surface area contributed by atoms with Crippen molar-refractivity contribution in [3.63, 3.8) is 0 Å². The van der Waals surface area contributed by atoms with E-state index >= 15 is 0 Å². The Kier molecular flexibility index (Phi) is 9.00. The molecule has 27 heavy (non-hydrogen) atoms. The van der Waals surface area contributed by atoms with Crippen LogP contribution in [0.3, 0.4) is 0 Å². The fourth-order valence-corrected chi connectivity index (χ4v) is 3.24. The number of nitrogens with one attached hydrogen (secondary N) is 1. The molecule has 2 aromatic rings. The van der Waals surface area contributed by atoms with E-state index in [9.17, 15) is 4.79 Å². The highest BCUT2D eigenvalue weighted by Crippen LogP contribution is 2.21. The molecule has 0 fully saturated rings. The summed E-state index contributed by atoms with van der Waals surface area (Å²) in [6.45, 7) is 5.88. The third kappa shape index (κ3) is 7.15. The molecule has 1 aromatic carbocycles. The maximum Gasteiger partial charge on any atom is 0.245 e. The number of amides is 1. The van der Waals surface area contributed by atoms with Gasteiger partial charge in [0.15, 0.2) is 0 Å². The van der Waals surface area contributed by atoms with E-state index in [1.807, 2.05) is 31.2 Å². The van der Waals surface area contributed by atoms with Gasteiger partial charge in [-0.05, 0) is 31.0 Å². The summed E-state index contributed by atoms with van der Waals surface area (Å²) >= 11 is 1.38. The Hall–Kier alpha value is -2.19. The van der Waals surface area contributed by atoms with E-state index in [4.69, 9.17) is 9.57 Å². The second kappa shape index (κ2) is 11.5. The smallest absolute Gasteiger partial charge is 0.245 e. The van der Waals surface area contributed by atoms with Crippen molar-refractivity contribution >= 4 is 22.6 Å². The van der Waals surface area contributed by atoms with Gasteiger partial charge in [0, 0.05) is 37.5 Å². The van der Waals surface area contributed by atoms with Crippen LogP contribution in [0.5, 0.6) is 5.75 Å². The van der Waals surface area contributed by atoms with E-state index in [-0.39, 0.29) is 5.91 Å².